The van der Waals surface area contributed by atoms with Gasteiger partial charge in [0, 0.05) is 23.3 Å². The number of anilines is 1. The van der Waals surface area contributed by atoms with Crippen LogP contribution in [0.5, 0.6) is 5.75 Å². The molecule has 0 unspecified atom stereocenters. The first-order valence-electron chi connectivity index (χ1n) is 10.1. The lowest BCUT2D eigenvalue weighted by Gasteiger charge is -2.35. The van der Waals surface area contributed by atoms with Crippen LogP contribution in [0.3, 0.4) is 0 Å². The number of carbonyl (C=O) groups is 1. The highest BCUT2D eigenvalue weighted by atomic mass is 19.4. The number of benzene rings is 2. The van der Waals surface area contributed by atoms with Gasteiger partial charge in [0.05, 0.1) is 17.4 Å². The Hall–Kier alpha value is -3.75. The third-order valence-corrected chi connectivity index (χ3v) is 5.75. The zero-order valence-electron chi connectivity index (χ0n) is 16.7. The summed E-state index contributed by atoms with van der Waals surface area (Å²) in [7, 11) is 0. The minimum Gasteiger partial charge on any atom is -0.490 e. The number of alkyl halides is 3. The zero-order chi connectivity index (χ0) is 22.3. The Morgan fingerprint density at radius 2 is 1.88 bits per heavy atom. The van der Waals surface area contributed by atoms with Crippen molar-refractivity contribution in [2.24, 2.45) is 0 Å². The molecule has 4 aromatic rings. The van der Waals surface area contributed by atoms with Gasteiger partial charge in [-0.3, -0.25) is 9.89 Å². The second-order valence-corrected chi connectivity index (χ2v) is 7.86. The van der Waals surface area contributed by atoms with E-state index in [1.807, 2.05) is 18.2 Å². The van der Waals surface area contributed by atoms with Crippen molar-refractivity contribution in [3.63, 3.8) is 0 Å². The van der Waals surface area contributed by atoms with Crippen LogP contribution in [-0.2, 0) is 6.18 Å². The van der Waals surface area contributed by atoms with Gasteiger partial charge in [0.1, 0.15) is 11.4 Å². The van der Waals surface area contributed by atoms with Crippen LogP contribution in [0.25, 0.3) is 10.9 Å². The van der Waals surface area contributed by atoms with Gasteiger partial charge in [-0.2, -0.15) is 18.3 Å². The first-order chi connectivity index (χ1) is 15.4. The quantitative estimate of drug-likeness (QED) is 0.384. The first-order valence-corrected chi connectivity index (χ1v) is 10.1. The fourth-order valence-electron chi connectivity index (χ4n) is 3.92. The van der Waals surface area contributed by atoms with Gasteiger partial charge in [-0.15, -0.1) is 0 Å². The molecule has 2 heterocycles. The van der Waals surface area contributed by atoms with E-state index < -0.39 is 11.7 Å². The number of hydrogen-bond donors (Lipinski definition) is 3. The normalized spacial score (nSPS) is 18.3. The van der Waals surface area contributed by atoms with Crippen molar-refractivity contribution >= 4 is 22.5 Å². The number of nitrogens with one attached hydrogen (secondary N) is 3. The number of halogens is 3. The van der Waals surface area contributed by atoms with Gasteiger partial charge in [0.2, 0.25) is 0 Å². The number of aromatic amines is 2. The SMILES string of the molecule is O=C(Nc1c[nH]c2ccc(O[C@H]3C[C@H](c4ccc(C(F)(F)F)cc4)C3)cc12)c1ccn[nH]1. The number of nitrogens with zero attached hydrogens (tertiary/aromatic N) is 1. The Bertz CT molecular complexity index is 1240. The summed E-state index contributed by atoms with van der Waals surface area (Å²) < 4.78 is 44.3. The number of fused-ring (bicyclic) bond motifs is 1. The number of amides is 1. The largest absolute Gasteiger partial charge is 0.490 e. The Morgan fingerprint density at radius 1 is 1.09 bits per heavy atom. The molecule has 0 atom stereocenters. The Balaban J connectivity index is 1.23. The minimum atomic E-state index is -4.32. The lowest BCUT2D eigenvalue weighted by atomic mass is 9.77. The van der Waals surface area contributed by atoms with Crippen LogP contribution in [0.15, 0.2) is 60.9 Å². The molecule has 0 spiro atoms. The van der Waals surface area contributed by atoms with Crippen LogP contribution in [0.2, 0.25) is 0 Å². The van der Waals surface area contributed by atoms with Crippen LogP contribution in [0, 0.1) is 0 Å². The van der Waals surface area contributed by atoms with E-state index in [1.165, 1.54) is 6.20 Å². The standard InChI is InChI=1S/C23H19F3N4O2/c24-23(25,26)15-3-1-13(2-4-15)14-9-17(10-14)32-16-5-6-19-18(11-16)21(12-27-19)29-22(31)20-7-8-28-30-20/h1-8,11-12,14,17,27H,9-10H2,(H,28,30)(H,29,31)/t14-,17-. The molecule has 2 aromatic carbocycles. The Morgan fingerprint density at radius 3 is 2.56 bits per heavy atom. The van der Waals surface area contributed by atoms with Gasteiger partial charge in [-0.25, -0.2) is 0 Å². The maximum Gasteiger partial charge on any atom is 0.416 e. The summed E-state index contributed by atoms with van der Waals surface area (Å²) >= 11 is 0. The highest BCUT2D eigenvalue weighted by Crippen LogP contribution is 2.41. The predicted molar refractivity (Wildman–Crippen MR) is 113 cm³/mol. The number of aromatic nitrogens is 3. The molecule has 0 bridgehead atoms. The third-order valence-electron chi connectivity index (χ3n) is 5.75. The lowest BCUT2D eigenvalue weighted by molar-refractivity contribution is -0.137. The van der Waals surface area contributed by atoms with Gasteiger partial charge < -0.3 is 15.0 Å². The summed E-state index contributed by atoms with van der Waals surface area (Å²) in [5, 5.41) is 10.1. The van der Waals surface area contributed by atoms with E-state index in [1.54, 1.807) is 24.4 Å². The summed E-state index contributed by atoms with van der Waals surface area (Å²) in [5.41, 5.74) is 2.09. The van der Waals surface area contributed by atoms with Crippen LogP contribution >= 0.6 is 0 Å². The molecule has 164 valence electrons. The van der Waals surface area contributed by atoms with Gasteiger partial charge in [0.25, 0.3) is 5.91 Å². The third kappa shape index (κ3) is 3.93. The van der Waals surface area contributed by atoms with E-state index in [0.29, 0.717) is 17.1 Å². The number of hydrogen-bond acceptors (Lipinski definition) is 3. The predicted octanol–water partition coefficient (Wildman–Crippen LogP) is 5.49. The van der Waals surface area contributed by atoms with Crippen LogP contribution < -0.4 is 10.1 Å². The van der Waals surface area contributed by atoms with Crippen molar-refractivity contribution in [2.45, 2.75) is 31.0 Å². The average Bonchev–Trinajstić information content (AvgIpc) is 3.40. The molecule has 32 heavy (non-hydrogen) atoms. The molecular formula is C23H19F3N4O2. The molecule has 0 saturated heterocycles. The molecule has 1 aliphatic rings. The molecule has 1 amide bonds. The van der Waals surface area contributed by atoms with Crippen LogP contribution in [0.1, 0.15) is 40.4 Å². The zero-order valence-corrected chi connectivity index (χ0v) is 16.7. The Kier molecular flexibility index (Phi) is 4.88. The van der Waals surface area contributed by atoms with E-state index >= 15 is 0 Å². The smallest absolute Gasteiger partial charge is 0.416 e. The highest BCUT2D eigenvalue weighted by molar-refractivity contribution is 6.08. The average molecular weight is 440 g/mol. The molecule has 6 nitrogen and oxygen atoms in total. The molecular weight excluding hydrogens is 421 g/mol. The van der Waals surface area contributed by atoms with E-state index in [2.05, 4.69) is 20.5 Å². The van der Waals surface area contributed by atoms with Crippen LogP contribution in [-0.4, -0.2) is 27.2 Å². The van der Waals surface area contributed by atoms with Crippen molar-refractivity contribution in [1.29, 1.82) is 0 Å². The number of rotatable bonds is 5. The molecule has 0 aliphatic heterocycles. The van der Waals surface area contributed by atoms with Crippen molar-refractivity contribution in [1.82, 2.24) is 15.2 Å². The van der Waals surface area contributed by atoms with Crippen LogP contribution in [0.4, 0.5) is 18.9 Å². The summed E-state index contributed by atoms with van der Waals surface area (Å²) in [6.45, 7) is 0. The second kappa shape index (κ2) is 7.74. The van der Waals surface area contributed by atoms with Crippen molar-refractivity contribution in [3.8, 4) is 5.75 Å². The number of ether oxygens (including phenoxy) is 1. The van der Waals surface area contributed by atoms with Crippen molar-refractivity contribution in [3.05, 3.63) is 77.7 Å². The van der Waals surface area contributed by atoms with Crippen molar-refractivity contribution < 1.29 is 22.7 Å². The van der Waals surface area contributed by atoms with Gasteiger partial charge >= 0.3 is 6.18 Å². The van der Waals surface area contributed by atoms with E-state index in [-0.39, 0.29) is 17.9 Å². The first kappa shape index (κ1) is 20.2. The molecule has 5 rings (SSSR count). The maximum atomic E-state index is 12.7. The summed E-state index contributed by atoms with van der Waals surface area (Å²) in [6, 6.07) is 12.5. The summed E-state index contributed by atoms with van der Waals surface area (Å²) in [6.07, 6.45) is 0.359. The van der Waals surface area contributed by atoms with Gasteiger partial charge in [0.15, 0.2) is 0 Å². The highest BCUT2D eigenvalue weighted by Gasteiger charge is 2.34. The molecule has 9 heteroatoms. The molecule has 1 saturated carbocycles. The Labute approximate surface area is 180 Å². The second-order valence-electron chi connectivity index (χ2n) is 7.86. The summed E-state index contributed by atoms with van der Waals surface area (Å²) in [5.74, 6) is 0.556. The topological polar surface area (TPSA) is 82.8 Å². The fourth-order valence-corrected chi connectivity index (χ4v) is 3.92. The van der Waals surface area contributed by atoms with E-state index in [0.717, 1.165) is 41.4 Å². The fraction of sp³-hybridized carbons (Fsp3) is 0.217. The number of carbonyl (C=O) groups excluding carboxylic acids is 1. The molecule has 1 fully saturated rings. The van der Waals surface area contributed by atoms with E-state index in [9.17, 15) is 18.0 Å². The monoisotopic (exact) mass is 440 g/mol. The molecule has 3 N–H and O–H groups in total. The molecule has 2 aromatic heterocycles. The van der Waals surface area contributed by atoms with Gasteiger partial charge in [-0.05, 0) is 60.7 Å². The minimum absolute atomic E-state index is 0.0123. The number of H-pyrrole nitrogens is 2. The van der Waals surface area contributed by atoms with Gasteiger partial charge in [-0.1, -0.05) is 12.1 Å². The lowest BCUT2D eigenvalue weighted by Crippen LogP contribution is -2.32. The van der Waals surface area contributed by atoms with E-state index in [4.69, 9.17) is 4.74 Å². The maximum absolute atomic E-state index is 12.7. The summed E-state index contributed by atoms with van der Waals surface area (Å²) in [4.78, 5) is 15.4. The van der Waals surface area contributed by atoms with Crippen molar-refractivity contribution in [2.75, 3.05) is 5.32 Å². The molecule has 1 aliphatic carbocycles. The molecule has 0 radical (unpaired) electrons.